The number of carbonyl (C=O) groups is 1. The van der Waals surface area contributed by atoms with Gasteiger partial charge in [0.1, 0.15) is 0 Å². The molecule has 2 N–H and O–H groups in total. The summed E-state index contributed by atoms with van der Waals surface area (Å²) in [5.74, 6) is 0.115. The first-order chi connectivity index (χ1) is 7.00. The molecule has 0 saturated carbocycles. The van der Waals surface area contributed by atoms with Crippen molar-refractivity contribution in [1.82, 2.24) is 4.90 Å². The average molecular weight is 291 g/mol. The maximum absolute atomic E-state index is 11.7. The van der Waals surface area contributed by atoms with Crippen LogP contribution in [0, 0.1) is 0 Å². The van der Waals surface area contributed by atoms with Gasteiger partial charge in [-0.1, -0.05) is 12.2 Å². The second-order valence-electron chi connectivity index (χ2n) is 3.05. The van der Waals surface area contributed by atoms with Gasteiger partial charge in [0.2, 0.25) is 0 Å². The van der Waals surface area contributed by atoms with Crippen molar-refractivity contribution in [2.24, 2.45) is 5.73 Å². The van der Waals surface area contributed by atoms with Crippen molar-refractivity contribution in [2.75, 3.05) is 13.6 Å². The van der Waals surface area contributed by atoms with Crippen molar-refractivity contribution < 1.29 is 9.21 Å². The monoisotopic (exact) mass is 290 g/mol. The van der Waals surface area contributed by atoms with Crippen LogP contribution in [0.2, 0.25) is 0 Å². The van der Waals surface area contributed by atoms with E-state index in [1.165, 1.54) is 4.90 Å². The van der Waals surface area contributed by atoms with E-state index >= 15 is 0 Å². The Kier molecular flexibility index (Phi) is 4.28. The van der Waals surface area contributed by atoms with E-state index in [0.717, 1.165) is 0 Å². The minimum Gasteiger partial charge on any atom is -0.444 e. The van der Waals surface area contributed by atoms with E-state index in [9.17, 15) is 4.79 Å². The number of thiocarbonyl (C=S) groups is 1. The summed E-state index contributed by atoms with van der Waals surface area (Å²) in [6.07, 6.45) is 0.513. The summed E-state index contributed by atoms with van der Waals surface area (Å²) in [6, 6.07) is 3.29. The molecule has 0 radical (unpaired) electrons. The number of carbonyl (C=O) groups excluding carboxylic acids is 1. The first kappa shape index (κ1) is 12.2. The van der Waals surface area contributed by atoms with Gasteiger partial charge in [-0.2, -0.15) is 0 Å². The Balaban J connectivity index is 2.57. The molecule has 0 aromatic carbocycles. The zero-order valence-corrected chi connectivity index (χ0v) is 10.6. The molecule has 82 valence electrons. The lowest BCUT2D eigenvalue weighted by atomic mass is 10.3. The third-order valence-electron chi connectivity index (χ3n) is 1.82. The Labute approximate surface area is 102 Å². The molecule has 0 atom stereocenters. The molecule has 6 heteroatoms. The predicted molar refractivity (Wildman–Crippen MR) is 64.8 cm³/mol. The van der Waals surface area contributed by atoms with Gasteiger partial charge >= 0.3 is 0 Å². The zero-order chi connectivity index (χ0) is 11.4. The molecular weight excluding hydrogens is 280 g/mol. The van der Waals surface area contributed by atoms with Crippen LogP contribution < -0.4 is 5.73 Å². The minimum absolute atomic E-state index is 0.183. The highest BCUT2D eigenvalue weighted by atomic mass is 79.9. The van der Waals surface area contributed by atoms with Crippen LogP contribution in [0.15, 0.2) is 21.2 Å². The van der Waals surface area contributed by atoms with Crippen molar-refractivity contribution in [3.8, 4) is 0 Å². The number of amides is 1. The molecule has 1 aromatic rings. The molecule has 15 heavy (non-hydrogen) atoms. The Hall–Kier alpha value is -0.880. The normalized spacial score (nSPS) is 10.0. The summed E-state index contributed by atoms with van der Waals surface area (Å²) >= 11 is 7.86. The Morgan fingerprint density at radius 2 is 2.33 bits per heavy atom. The molecule has 0 bridgehead atoms. The van der Waals surface area contributed by atoms with Crippen molar-refractivity contribution in [2.45, 2.75) is 6.42 Å². The van der Waals surface area contributed by atoms with Crippen LogP contribution in [0.25, 0.3) is 0 Å². The number of hydrogen-bond donors (Lipinski definition) is 1. The number of nitrogens with zero attached hydrogens (tertiary/aromatic N) is 1. The molecule has 1 aromatic heterocycles. The highest BCUT2D eigenvalue weighted by molar-refractivity contribution is 9.10. The van der Waals surface area contributed by atoms with Gasteiger partial charge in [-0.25, -0.2) is 0 Å². The van der Waals surface area contributed by atoms with E-state index in [-0.39, 0.29) is 5.91 Å². The topological polar surface area (TPSA) is 59.5 Å². The lowest BCUT2D eigenvalue weighted by molar-refractivity contribution is 0.0766. The summed E-state index contributed by atoms with van der Waals surface area (Å²) in [5.41, 5.74) is 5.35. The summed E-state index contributed by atoms with van der Waals surface area (Å²) in [4.78, 5) is 13.6. The maximum Gasteiger partial charge on any atom is 0.289 e. The van der Waals surface area contributed by atoms with Gasteiger partial charge < -0.3 is 15.1 Å². The molecule has 0 fully saturated rings. The van der Waals surface area contributed by atoms with Crippen LogP contribution in [0.1, 0.15) is 17.0 Å². The van der Waals surface area contributed by atoms with E-state index in [0.29, 0.717) is 28.4 Å². The van der Waals surface area contributed by atoms with Gasteiger partial charge in [-0.3, -0.25) is 4.79 Å². The van der Waals surface area contributed by atoms with Crippen LogP contribution in [0.5, 0.6) is 0 Å². The second kappa shape index (κ2) is 5.27. The zero-order valence-electron chi connectivity index (χ0n) is 8.20. The predicted octanol–water partition coefficient (Wildman–Crippen LogP) is 1.79. The van der Waals surface area contributed by atoms with Gasteiger partial charge in [-0.15, -0.1) is 0 Å². The Morgan fingerprint density at radius 1 is 1.67 bits per heavy atom. The molecule has 0 unspecified atom stereocenters. The smallest absolute Gasteiger partial charge is 0.289 e. The summed E-state index contributed by atoms with van der Waals surface area (Å²) in [5, 5.41) is 0. The first-order valence-corrected chi connectivity index (χ1v) is 5.50. The third-order valence-corrected chi connectivity index (χ3v) is 2.45. The quantitative estimate of drug-likeness (QED) is 0.859. The molecule has 1 heterocycles. The molecule has 0 aliphatic carbocycles. The maximum atomic E-state index is 11.7. The fourth-order valence-corrected chi connectivity index (χ4v) is 1.39. The Morgan fingerprint density at radius 3 is 2.80 bits per heavy atom. The van der Waals surface area contributed by atoms with E-state index in [1.54, 1.807) is 19.2 Å². The van der Waals surface area contributed by atoms with Gasteiger partial charge in [-0.05, 0) is 28.1 Å². The van der Waals surface area contributed by atoms with E-state index < -0.39 is 0 Å². The SMILES string of the molecule is CN(CCC(N)=S)C(=O)c1ccc(Br)o1. The average Bonchev–Trinajstić information content (AvgIpc) is 2.60. The van der Waals surface area contributed by atoms with E-state index in [4.69, 9.17) is 22.4 Å². The van der Waals surface area contributed by atoms with Gasteiger partial charge in [0.25, 0.3) is 5.91 Å². The van der Waals surface area contributed by atoms with Crippen LogP contribution in [0.4, 0.5) is 0 Å². The highest BCUT2D eigenvalue weighted by Crippen LogP contribution is 2.15. The third kappa shape index (κ3) is 3.64. The number of nitrogens with two attached hydrogens (primary N) is 1. The standard InChI is InChI=1S/C9H11BrN2O2S/c1-12(5-4-8(11)15)9(13)6-2-3-7(10)14-6/h2-3H,4-5H2,1H3,(H2,11,15). The molecule has 0 saturated heterocycles. The first-order valence-electron chi connectivity index (χ1n) is 4.30. The minimum atomic E-state index is -0.183. The number of halogens is 1. The number of rotatable bonds is 4. The van der Waals surface area contributed by atoms with Crippen molar-refractivity contribution >= 4 is 39.0 Å². The number of furan rings is 1. The summed E-state index contributed by atoms with van der Waals surface area (Å²) < 4.78 is 5.67. The lowest BCUT2D eigenvalue weighted by Crippen LogP contribution is -2.29. The van der Waals surface area contributed by atoms with E-state index in [1.807, 2.05) is 0 Å². The summed E-state index contributed by atoms with van der Waals surface area (Å²) in [6.45, 7) is 0.493. The second-order valence-corrected chi connectivity index (χ2v) is 4.35. The summed E-state index contributed by atoms with van der Waals surface area (Å²) in [7, 11) is 1.68. The van der Waals surface area contributed by atoms with E-state index in [2.05, 4.69) is 15.9 Å². The van der Waals surface area contributed by atoms with Crippen molar-refractivity contribution in [3.63, 3.8) is 0 Å². The van der Waals surface area contributed by atoms with Crippen LogP contribution in [-0.2, 0) is 0 Å². The van der Waals surface area contributed by atoms with Crippen molar-refractivity contribution in [3.05, 3.63) is 22.6 Å². The molecule has 1 amide bonds. The van der Waals surface area contributed by atoms with Crippen LogP contribution in [0.3, 0.4) is 0 Å². The molecular formula is C9H11BrN2O2S. The molecule has 4 nitrogen and oxygen atoms in total. The van der Waals surface area contributed by atoms with Gasteiger partial charge in [0.05, 0.1) is 4.99 Å². The fourth-order valence-electron chi connectivity index (χ4n) is 0.997. The molecule has 0 spiro atoms. The van der Waals surface area contributed by atoms with Crippen molar-refractivity contribution in [1.29, 1.82) is 0 Å². The van der Waals surface area contributed by atoms with Crippen LogP contribution in [-0.4, -0.2) is 29.4 Å². The number of hydrogen-bond acceptors (Lipinski definition) is 3. The molecule has 0 aliphatic heterocycles. The lowest BCUT2D eigenvalue weighted by Gasteiger charge is -2.14. The molecule has 0 aliphatic rings. The highest BCUT2D eigenvalue weighted by Gasteiger charge is 2.15. The Bertz CT molecular complexity index is 378. The van der Waals surface area contributed by atoms with Crippen LogP contribution >= 0.6 is 28.1 Å². The fraction of sp³-hybridized carbons (Fsp3) is 0.333. The molecule has 1 rings (SSSR count). The van der Waals surface area contributed by atoms with Gasteiger partial charge in [0.15, 0.2) is 10.4 Å². The van der Waals surface area contributed by atoms with Gasteiger partial charge in [0, 0.05) is 20.0 Å². The largest absolute Gasteiger partial charge is 0.444 e.